The van der Waals surface area contributed by atoms with Gasteiger partial charge in [-0.1, -0.05) is 18.6 Å². The molecule has 1 aromatic rings. The summed E-state index contributed by atoms with van der Waals surface area (Å²) in [4.78, 5) is 2.56. The van der Waals surface area contributed by atoms with Crippen LogP contribution in [0.15, 0.2) is 18.2 Å². The maximum atomic E-state index is 14.3. The van der Waals surface area contributed by atoms with Crippen molar-refractivity contribution in [3.05, 3.63) is 35.1 Å². The maximum absolute atomic E-state index is 14.3. The molecule has 0 aliphatic carbocycles. The van der Waals surface area contributed by atoms with E-state index in [1.165, 1.54) is 25.7 Å². The van der Waals surface area contributed by atoms with Gasteiger partial charge in [0.1, 0.15) is 5.82 Å². The van der Waals surface area contributed by atoms with Crippen molar-refractivity contribution in [2.75, 3.05) is 19.6 Å². The van der Waals surface area contributed by atoms with Crippen LogP contribution in [-0.2, 0) is 0 Å². The fourth-order valence-corrected chi connectivity index (χ4v) is 3.74. The molecule has 2 unspecified atom stereocenters. The minimum Gasteiger partial charge on any atom is -0.315 e. The van der Waals surface area contributed by atoms with Crippen LogP contribution in [0.5, 0.6) is 0 Å². The first-order chi connectivity index (χ1) is 9.75. The number of halogens is 1. The summed E-state index contributed by atoms with van der Waals surface area (Å²) in [7, 11) is 0. The van der Waals surface area contributed by atoms with Gasteiger partial charge in [0.2, 0.25) is 0 Å². The number of aryl methyl sites for hydroxylation is 1. The van der Waals surface area contributed by atoms with Crippen LogP contribution >= 0.6 is 0 Å². The van der Waals surface area contributed by atoms with E-state index in [9.17, 15) is 4.39 Å². The van der Waals surface area contributed by atoms with E-state index in [1.54, 1.807) is 6.07 Å². The van der Waals surface area contributed by atoms with Gasteiger partial charge in [0.05, 0.1) is 0 Å². The summed E-state index contributed by atoms with van der Waals surface area (Å²) < 4.78 is 14.3. The lowest BCUT2D eigenvalue weighted by atomic mass is 9.91. The van der Waals surface area contributed by atoms with Gasteiger partial charge in [0, 0.05) is 24.2 Å². The molecule has 0 aromatic heterocycles. The molecule has 0 radical (unpaired) electrons. The molecule has 1 aromatic carbocycles. The molecule has 0 saturated carbocycles. The van der Waals surface area contributed by atoms with Crippen molar-refractivity contribution in [2.45, 2.75) is 51.1 Å². The van der Waals surface area contributed by atoms with E-state index in [1.807, 2.05) is 19.1 Å². The van der Waals surface area contributed by atoms with Gasteiger partial charge in [0.25, 0.3) is 0 Å². The molecule has 2 atom stereocenters. The summed E-state index contributed by atoms with van der Waals surface area (Å²) >= 11 is 0. The van der Waals surface area contributed by atoms with Gasteiger partial charge >= 0.3 is 0 Å². The highest BCUT2D eigenvalue weighted by Crippen LogP contribution is 2.35. The highest BCUT2D eigenvalue weighted by Gasteiger charge is 2.31. The molecular weight excluding hydrogens is 251 g/mol. The minimum atomic E-state index is -0.0225. The Morgan fingerprint density at radius 3 is 2.85 bits per heavy atom. The molecule has 2 saturated heterocycles. The molecule has 2 aliphatic heterocycles. The number of piperidine rings is 2. The van der Waals surface area contributed by atoms with E-state index in [2.05, 4.69) is 10.2 Å². The SMILES string of the molecule is Cc1ccc(C2CCCCN2C2CCCNC2)c(F)c1. The summed E-state index contributed by atoms with van der Waals surface area (Å²) in [6, 6.07) is 6.58. The van der Waals surface area contributed by atoms with Crippen LogP contribution in [0.1, 0.15) is 49.3 Å². The van der Waals surface area contributed by atoms with E-state index in [0.29, 0.717) is 6.04 Å². The van der Waals surface area contributed by atoms with E-state index in [0.717, 1.165) is 37.2 Å². The normalized spacial score (nSPS) is 28.5. The molecule has 3 heteroatoms. The molecule has 2 aliphatic rings. The van der Waals surface area contributed by atoms with Crippen molar-refractivity contribution in [3.8, 4) is 0 Å². The van der Waals surface area contributed by atoms with Crippen LogP contribution in [0, 0.1) is 12.7 Å². The molecule has 2 nitrogen and oxygen atoms in total. The standard InChI is InChI=1S/C17H25FN2/c1-13-7-8-15(16(18)11-13)17-6-2-3-10-20(17)14-5-4-9-19-12-14/h7-8,11,14,17,19H,2-6,9-10,12H2,1H3. The second-order valence-electron chi connectivity index (χ2n) is 6.27. The summed E-state index contributed by atoms with van der Waals surface area (Å²) in [6.07, 6.45) is 6.05. The highest BCUT2D eigenvalue weighted by molar-refractivity contribution is 5.26. The zero-order valence-electron chi connectivity index (χ0n) is 12.4. The van der Waals surface area contributed by atoms with E-state index < -0.39 is 0 Å². The second-order valence-corrected chi connectivity index (χ2v) is 6.27. The fourth-order valence-electron chi connectivity index (χ4n) is 3.74. The van der Waals surface area contributed by atoms with Gasteiger partial charge in [-0.15, -0.1) is 0 Å². The van der Waals surface area contributed by atoms with Gasteiger partial charge in [-0.05, 0) is 57.3 Å². The number of likely N-dealkylation sites (tertiary alicyclic amines) is 1. The van der Waals surface area contributed by atoms with Crippen LogP contribution in [-0.4, -0.2) is 30.6 Å². The van der Waals surface area contributed by atoms with Crippen molar-refractivity contribution >= 4 is 0 Å². The lowest BCUT2D eigenvalue weighted by molar-refractivity contribution is 0.0770. The first-order valence-corrected chi connectivity index (χ1v) is 7.98. The average Bonchev–Trinajstić information content (AvgIpc) is 2.48. The zero-order valence-corrected chi connectivity index (χ0v) is 12.4. The summed E-state index contributed by atoms with van der Waals surface area (Å²) in [5.74, 6) is -0.0225. The summed E-state index contributed by atoms with van der Waals surface area (Å²) in [6.45, 7) is 5.26. The molecule has 0 bridgehead atoms. The fraction of sp³-hybridized carbons (Fsp3) is 0.647. The topological polar surface area (TPSA) is 15.3 Å². The minimum absolute atomic E-state index is 0.0225. The Balaban J connectivity index is 1.84. The Kier molecular flexibility index (Phi) is 4.37. The molecule has 20 heavy (non-hydrogen) atoms. The molecular formula is C17H25FN2. The number of hydrogen-bond donors (Lipinski definition) is 1. The van der Waals surface area contributed by atoms with Gasteiger partial charge in [-0.25, -0.2) is 4.39 Å². The predicted molar refractivity (Wildman–Crippen MR) is 80.3 cm³/mol. The van der Waals surface area contributed by atoms with Gasteiger partial charge in [-0.3, -0.25) is 4.90 Å². The average molecular weight is 276 g/mol. The van der Waals surface area contributed by atoms with Crippen molar-refractivity contribution < 1.29 is 4.39 Å². The first kappa shape index (κ1) is 14.0. The number of hydrogen-bond acceptors (Lipinski definition) is 2. The monoisotopic (exact) mass is 276 g/mol. The molecule has 0 spiro atoms. The first-order valence-electron chi connectivity index (χ1n) is 7.98. The van der Waals surface area contributed by atoms with Crippen molar-refractivity contribution in [2.24, 2.45) is 0 Å². The molecule has 0 amide bonds. The second kappa shape index (κ2) is 6.23. The Labute approximate surface area is 121 Å². The Bertz CT molecular complexity index is 454. The summed E-state index contributed by atoms with van der Waals surface area (Å²) in [5.41, 5.74) is 1.91. The number of nitrogens with zero attached hydrogens (tertiary/aromatic N) is 1. The van der Waals surface area contributed by atoms with Crippen molar-refractivity contribution in [3.63, 3.8) is 0 Å². The van der Waals surface area contributed by atoms with E-state index in [-0.39, 0.29) is 11.9 Å². The van der Waals surface area contributed by atoms with Crippen LogP contribution in [0.2, 0.25) is 0 Å². The van der Waals surface area contributed by atoms with Crippen molar-refractivity contribution in [1.82, 2.24) is 10.2 Å². The quantitative estimate of drug-likeness (QED) is 0.890. The smallest absolute Gasteiger partial charge is 0.128 e. The van der Waals surface area contributed by atoms with Crippen LogP contribution in [0.25, 0.3) is 0 Å². The van der Waals surface area contributed by atoms with E-state index in [4.69, 9.17) is 0 Å². The lowest BCUT2D eigenvalue weighted by Crippen LogP contribution is -2.49. The van der Waals surface area contributed by atoms with Crippen LogP contribution in [0.4, 0.5) is 4.39 Å². The van der Waals surface area contributed by atoms with Gasteiger partial charge in [0.15, 0.2) is 0 Å². The number of rotatable bonds is 2. The summed E-state index contributed by atoms with van der Waals surface area (Å²) in [5, 5.41) is 3.49. The molecule has 2 heterocycles. The third kappa shape index (κ3) is 2.89. The largest absolute Gasteiger partial charge is 0.315 e. The van der Waals surface area contributed by atoms with Gasteiger partial charge < -0.3 is 5.32 Å². The Hall–Kier alpha value is -0.930. The number of nitrogens with one attached hydrogen (secondary N) is 1. The predicted octanol–water partition coefficient (Wildman–Crippen LogP) is 3.41. The third-order valence-electron chi connectivity index (χ3n) is 4.80. The lowest BCUT2D eigenvalue weighted by Gasteiger charge is -2.43. The number of benzene rings is 1. The van der Waals surface area contributed by atoms with E-state index >= 15 is 0 Å². The maximum Gasteiger partial charge on any atom is 0.128 e. The third-order valence-corrected chi connectivity index (χ3v) is 4.80. The Morgan fingerprint density at radius 1 is 1.20 bits per heavy atom. The highest BCUT2D eigenvalue weighted by atomic mass is 19.1. The zero-order chi connectivity index (χ0) is 13.9. The molecule has 2 fully saturated rings. The van der Waals surface area contributed by atoms with Crippen LogP contribution < -0.4 is 5.32 Å². The molecule has 1 N–H and O–H groups in total. The van der Waals surface area contributed by atoms with Gasteiger partial charge in [-0.2, -0.15) is 0 Å². The molecule has 110 valence electrons. The van der Waals surface area contributed by atoms with Crippen LogP contribution in [0.3, 0.4) is 0 Å². The molecule has 3 rings (SSSR count). The van der Waals surface area contributed by atoms with Crippen molar-refractivity contribution in [1.29, 1.82) is 0 Å². The Morgan fingerprint density at radius 2 is 2.10 bits per heavy atom.